The average molecular weight is 542 g/mol. The Hall–Kier alpha value is -4.31. The van der Waals surface area contributed by atoms with Crippen molar-refractivity contribution in [1.29, 1.82) is 0 Å². The Balaban J connectivity index is 2.02. The van der Waals surface area contributed by atoms with Gasteiger partial charge in [-0.15, -0.1) is 0 Å². The number of carbonyl (C=O) groups is 3. The number of amides is 3. The summed E-state index contributed by atoms with van der Waals surface area (Å²) in [4.78, 5) is 41.7. The second-order valence-electron chi connectivity index (χ2n) is 11.5. The van der Waals surface area contributed by atoms with Crippen LogP contribution in [0.25, 0.3) is 10.8 Å². The summed E-state index contributed by atoms with van der Waals surface area (Å²) in [5.74, 6) is -0.980. The Kier molecular flexibility index (Phi) is 9.60. The molecule has 7 nitrogen and oxygen atoms in total. The molecular formula is C33H39N3O4. The first-order valence-electron chi connectivity index (χ1n) is 13.4. The summed E-state index contributed by atoms with van der Waals surface area (Å²) in [6, 6.07) is 19.4. The van der Waals surface area contributed by atoms with E-state index in [9.17, 15) is 14.4 Å². The highest BCUT2D eigenvalue weighted by Gasteiger charge is 2.37. The van der Waals surface area contributed by atoms with Gasteiger partial charge in [-0.2, -0.15) is 0 Å². The molecule has 0 aliphatic rings. The van der Waals surface area contributed by atoms with Gasteiger partial charge in [-0.25, -0.2) is 4.79 Å². The van der Waals surface area contributed by atoms with E-state index in [1.807, 2.05) is 88.4 Å². The summed E-state index contributed by atoms with van der Waals surface area (Å²) in [7, 11) is 0. The molecule has 0 aliphatic carbocycles. The molecule has 2 unspecified atom stereocenters. The van der Waals surface area contributed by atoms with Crippen molar-refractivity contribution in [2.75, 3.05) is 5.32 Å². The minimum Gasteiger partial charge on any atom is -0.444 e. The SMILES string of the molecule is C#CN(C(=O)C(CC(C)C)NC(=O)OC(C)(C)C)C(C(=O)Nc1ccc2ccccc2c1)c1cc(C)ccc1C. The van der Waals surface area contributed by atoms with Gasteiger partial charge in [-0.05, 0) is 81.0 Å². The third-order valence-corrected chi connectivity index (χ3v) is 6.33. The lowest BCUT2D eigenvalue weighted by Gasteiger charge is -2.31. The first-order valence-corrected chi connectivity index (χ1v) is 13.4. The van der Waals surface area contributed by atoms with Crippen molar-refractivity contribution in [3.8, 4) is 12.5 Å². The Morgan fingerprint density at radius 2 is 1.65 bits per heavy atom. The Morgan fingerprint density at radius 3 is 2.27 bits per heavy atom. The molecule has 0 saturated heterocycles. The molecule has 3 amide bonds. The van der Waals surface area contributed by atoms with E-state index < -0.39 is 35.6 Å². The zero-order chi connectivity index (χ0) is 29.6. The number of rotatable bonds is 8. The van der Waals surface area contributed by atoms with Crippen molar-refractivity contribution in [3.05, 3.63) is 77.4 Å². The van der Waals surface area contributed by atoms with Crippen LogP contribution in [0.2, 0.25) is 0 Å². The van der Waals surface area contributed by atoms with Crippen LogP contribution in [-0.2, 0) is 14.3 Å². The van der Waals surface area contributed by atoms with E-state index in [1.54, 1.807) is 20.8 Å². The molecule has 0 bridgehead atoms. The second-order valence-corrected chi connectivity index (χ2v) is 11.5. The number of anilines is 1. The van der Waals surface area contributed by atoms with E-state index >= 15 is 0 Å². The number of benzene rings is 3. The molecule has 7 heteroatoms. The quantitative estimate of drug-likeness (QED) is 0.252. The van der Waals surface area contributed by atoms with Crippen molar-refractivity contribution in [1.82, 2.24) is 10.2 Å². The fourth-order valence-electron chi connectivity index (χ4n) is 4.51. The van der Waals surface area contributed by atoms with E-state index in [0.717, 1.165) is 26.8 Å². The number of nitrogens with one attached hydrogen (secondary N) is 2. The molecule has 3 aromatic rings. The zero-order valence-corrected chi connectivity index (χ0v) is 24.4. The zero-order valence-electron chi connectivity index (χ0n) is 24.4. The predicted octanol–water partition coefficient (Wildman–Crippen LogP) is 6.50. The summed E-state index contributed by atoms with van der Waals surface area (Å²) in [6.07, 6.45) is 5.52. The molecule has 2 N–H and O–H groups in total. The predicted molar refractivity (Wildman–Crippen MR) is 160 cm³/mol. The van der Waals surface area contributed by atoms with Gasteiger partial charge >= 0.3 is 6.09 Å². The van der Waals surface area contributed by atoms with Crippen LogP contribution < -0.4 is 10.6 Å². The molecule has 3 rings (SSSR count). The van der Waals surface area contributed by atoms with E-state index in [4.69, 9.17) is 11.2 Å². The second kappa shape index (κ2) is 12.7. The molecule has 0 aliphatic heterocycles. The normalized spacial score (nSPS) is 12.8. The molecular weight excluding hydrogens is 502 g/mol. The van der Waals surface area contributed by atoms with Crippen LogP contribution in [-0.4, -0.2) is 34.5 Å². The molecule has 0 radical (unpaired) electrons. The molecule has 40 heavy (non-hydrogen) atoms. The van der Waals surface area contributed by atoms with Crippen LogP contribution in [0.15, 0.2) is 60.7 Å². The molecule has 0 aromatic heterocycles. The molecule has 0 spiro atoms. The highest BCUT2D eigenvalue weighted by molar-refractivity contribution is 6.01. The Morgan fingerprint density at radius 1 is 0.975 bits per heavy atom. The van der Waals surface area contributed by atoms with Crippen LogP contribution in [0.3, 0.4) is 0 Å². The largest absolute Gasteiger partial charge is 0.444 e. The average Bonchev–Trinajstić information content (AvgIpc) is 2.86. The fraction of sp³-hybridized carbons (Fsp3) is 0.364. The van der Waals surface area contributed by atoms with Gasteiger partial charge in [0, 0.05) is 11.7 Å². The smallest absolute Gasteiger partial charge is 0.408 e. The first-order chi connectivity index (χ1) is 18.8. The molecule has 0 saturated carbocycles. The number of fused-ring (bicyclic) bond motifs is 1. The number of carbonyl (C=O) groups excluding carboxylic acids is 3. The van der Waals surface area contributed by atoms with Gasteiger partial charge in [0.25, 0.3) is 11.8 Å². The standard InChI is InChI=1S/C33H39N3O4/c1-9-36(31(38)28(18-21(2)3)35-32(39)40-33(6,7)8)29(27-19-22(4)14-15-23(27)5)30(37)34-26-17-16-24-12-10-11-13-25(24)20-26/h1,10-17,19-21,28-29H,18H2,2-8H3,(H,34,37)(H,35,39). The number of nitrogens with zero attached hydrogens (tertiary/aromatic N) is 1. The van der Waals surface area contributed by atoms with Crippen molar-refractivity contribution in [2.24, 2.45) is 5.92 Å². The Labute approximate surface area is 237 Å². The van der Waals surface area contributed by atoms with E-state index in [-0.39, 0.29) is 5.92 Å². The molecule has 210 valence electrons. The van der Waals surface area contributed by atoms with E-state index in [2.05, 4.69) is 16.7 Å². The van der Waals surface area contributed by atoms with Crippen LogP contribution in [0.4, 0.5) is 10.5 Å². The van der Waals surface area contributed by atoms with E-state index in [1.165, 1.54) is 0 Å². The van der Waals surface area contributed by atoms with Crippen molar-refractivity contribution < 1.29 is 19.1 Å². The summed E-state index contributed by atoms with van der Waals surface area (Å²) in [5.41, 5.74) is 2.15. The lowest BCUT2D eigenvalue weighted by molar-refractivity contribution is -0.137. The van der Waals surface area contributed by atoms with Gasteiger partial charge in [0.1, 0.15) is 17.7 Å². The minimum atomic E-state index is -1.14. The molecule has 3 aromatic carbocycles. The van der Waals surface area contributed by atoms with Crippen molar-refractivity contribution in [2.45, 2.75) is 72.6 Å². The van der Waals surface area contributed by atoms with Crippen molar-refractivity contribution in [3.63, 3.8) is 0 Å². The maximum absolute atomic E-state index is 14.0. The van der Waals surface area contributed by atoms with Crippen LogP contribution in [0, 0.1) is 32.2 Å². The number of aryl methyl sites for hydroxylation is 2. The monoisotopic (exact) mass is 541 g/mol. The van der Waals surface area contributed by atoms with Gasteiger partial charge in [0.15, 0.2) is 0 Å². The lowest BCUT2D eigenvalue weighted by Crippen LogP contribution is -2.51. The molecule has 0 fully saturated rings. The summed E-state index contributed by atoms with van der Waals surface area (Å²) >= 11 is 0. The Bertz CT molecular complexity index is 1430. The number of terminal acetylenes is 1. The highest BCUT2D eigenvalue weighted by Crippen LogP contribution is 2.29. The maximum atomic E-state index is 14.0. The minimum absolute atomic E-state index is 0.0501. The van der Waals surface area contributed by atoms with Crippen LogP contribution in [0.5, 0.6) is 0 Å². The van der Waals surface area contributed by atoms with Crippen molar-refractivity contribution >= 4 is 34.4 Å². The third kappa shape index (κ3) is 7.86. The highest BCUT2D eigenvalue weighted by atomic mass is 16.6. The number of hydrogen-bond acceptors (Lipinski definition) is 4. The van der Waals surface area contributed by atoms with Crippen LogP contribution in [0.1, 0.15) is 63.8 Å². The summed E-state index contributed by atoms with van der Waals surface area (Å²) < 4.78 is 5.40. The van der Waals surface area contributed by atoms with Gasteiger partial charge in [-0.3, -0.25) is 14.5 Å². The lowest BCUT2D eigenvalue weighted by atomic mass is 9.95. The maximum Gasteiger partial charge on any atom is 0.408 e. The van der Waals surface area contributed by atoms with Gasteiger partial charge in [0.05, 0.1) is 0 Å². The molecule has 0 heterocycles. The number of alkyl carbamates (subject to hydrolysis) is 1. The number of hydrogen-bond donors (Lipinski definition) is 2. The third-order valence-electron chi connectivity index (χ3n) is 6.33. The van der Waals surface area contributed by atoms with Gasteiger partial charge < -0.3 is 15.4 Å². The van der Waals surface area contributed by atoms with E-state index in [0.29, 0.717) is 17.7 Å². The summed E-state index contributed by atoms with van der Waals surface area (Å²) in [5, 5.41) is 7.64. The number of ether oxygens (including phenoxy) is 1. The van der Waals surface area contributed by atoms with Gasteiger partial charge in [0.2, 0.25) is 0 Å². The first kappa shape index (κ1) is 30.2. The summed E-state index contributed by atoms with van der Waals surface area (Å²) in [6.45, 7) is 12.9. The van der Waals surface area contributed by atoms with Gasteiger partial charge in [-0.1, -0.05) is 74.4 Å². The molecule has 2 atom stereocenters. The van der Waals surface area contributed by atoms with Crippen LogP contribution >= 0.6 is 0 Å². The topological polar surface area (TPSA) is 87.7 Å². The fourth-order valence-corrected chi connectivity index (χ4v) is 4.51.